The second kappa shape index (κ2) is 6.74. The average molecular weight is 304 g/mol. The fourth-order valence-electron chi connectivity index (χ4n) is 2.71. The summed E-state index contributed by atoms with van der Waals surface area (Å²) in [7, 11) is 0. The van der Waals surface area contributed by atoms with Crippen molar-refractivity contribution in [2.24, 2.45) is 0 Å². The summed E-state index contributed by atoms with van der Waals surface area (Å²) in [4.78, 5) is 30.9. The topological polar surface area (TPSA) is 74.8 Å². The first-order valence-corrected chi connectivity index (χ1v) is 7.59. The van der Waals surface area contributed by atoms with Crippen molar-refractivity contribution in [2.45, 2.75) is 18.9 Å². The Hall–Kier alpha value is -2.15. The highest BCUT2D eigenvalue weighted by Gasteiger charge is 2.23. The van der Waals surface area contributed by atoms with E-state index in [4.69, 9.17) is 4.74 Å². The van der Waals surface area contributed by atoms with Crippen molar-refractivity contribution in [3.05, 3.63) is 18.3 Å². The molecule has 2 amide bonds. The fraction of sp³-hybridized carbons (Fsp3) is 0.533. The van der Waals surface area contributed by atoms with Crippen LogP contribution in [0.5, 0.6) is 0 Å². The third-order valence-electron chi connectivity index (χ3n) is 4.02. The van der Waals surface area contributed by atoms with Gasteiger partial charge >= 0.3 is 0 Å². The summed E-state index contributed by atoms with van der Waals surface area (Å²) >= 11 is 0. The van der Waals surface area contributed by atoms with Crippen LogP contribution in [0.4, 0.5) is 11.5 Å². The van der Waals surface area contributed by atoms with Crippen LogP contribution in [0.15, 0.2) is 18.3 Å². The van der Waals surface area contributed by atoms with Crippen molar-refractivity contribution in [3.63, 3.8) is 0 Å². The van der Waals surface area contributed by atoms with Gasteiger partial charge in [-0.2, -0.15) is 0 Å². The van der Waals surface area contributed by atoms with Crippen LogP contribution in [0.2, 0.25) is 0 Å². The molecule has 0 spiro atoms. The van der Waals surface area contributed by atoms with E-state index in [0.29, 0.717) is 25.4 Å². The number of carbonyl (C=O) groups excluding carboxylic acids is 2. The number of hydrogen-bond acceptors (Lipinski definition) is 5. The van der Waals surface area contributed by atoms with Gasteiger partial charge in [0.1, 0.15) is 11.9 Å². The van der Waals surface area contributed by atoms with Gasteiger partial charge in [0.2, 0.25) is 6.41 Å². The lowest BCUT2D eigenvalue weighted by molar-refractivity contribution is -0.124. The Morgan fingerprint density at radius 2 is 2.14 bits per heavy atom. The van der Waals surface area contributed by atoms with Gasteiger partial charge < -0.3 is 19.9 Å². The zero-order chi connectivity index (χ0) is 15.4. The molecule has 2 aliphatic heterocycles. The van der Waals surface area contributed by atoms with Crippen molar-refractivity contribution >= 4 is 23.8 Å². The average Bonchev–Trinajstić information content (AvgIpc) is 3.10. The van der Waals surface area contributed by atoms with Gasteiger partial charge in [-0.1, -0.05) is 0 Å². The number of nitrogens with zero attached hydrogens (tertiary/aromatic N) is 3. The van der Waals surface area contributed by atoms with Gasteiger partial charge in [-0.25, -0.2) is 4.98 Å². The highest BCUT2D eigenvalue weighted by molar-refractivity contribution is 5.94. The lowest BCUT2D eigenvalue weighted by Gasteiger charge is -2.33. The third-order valence-corrected chi connectivity index (χ3v) is 4.02. The van der Waals surface area contributed by atoms with E-state index in [0.717, 1.165) is 38.2 Å². The molecule has 0 aromatic carbocycles. The van der Waals surface area contributed by atoms with Crippen LogP contribution >= 0.6 is 0 Å². The predicted molar refractivity (Wildman–Crippen MR) is 81.7 cm³/mol. The Morgan fingerprint density at radius 3 is 2.73 bits per heavy atom. The summed E-state index contributed by atoms with van der Waals surface area (Å²) < 4.78 is 5.35. The summed E-state index contributed by atoms with van der Waals surface area (Å²) in [6.45, 7) is 3.62. The van der Waals surface area contributed by atoms with E-state index in [1.165, 1.54) is 0 Å². The molecule has 0 aliphatic carbocycles. The molecule has 22 heavy (non-hydrogen) atoms. The molecular formula is C15H20N4O3. The van der Waals surface area contributed by atoms with Crippen molar-refractivity contribution in [1.82, 2.24) is 9.88 Å². The largest absolute Gasteiger partial charge is 0.368 e. The van der Waals surface area contributed by atoms with Gasteiger partial charge in [0.15, 0.2) is 0 Å². The van der Waals surface area contributed by atoms with E-state index in [1.54, 1.807) is 11.1 Å². The van der Waals surface area contributed by atoms with Crippen LogP contribution < -0.4 is 10.2 Å². The highest BCUT2D eigenvalue weighted by Crippen LogP contribution is 2.18. The number of aromatic nitrogens is 1. The molecule has 2 fully saturated rings. The van der Waals surface area contributed by atoms with Gasteiger partial charge in [0, 0.05) is 32.8 Å². The number of nitrogens with one attached hydrogen (secondary N) is 1. The Morgan fingerprint density at radius 1 is 1.32 bits per heavy atom. The lowest BCUT2D eigenvalue weighted by atomic mass is 10.2. The van der Waals surface area contributed by atoms with E-state index in [2.05, 4.69) is 15.2 Å². The number of carbonyl (C=O) groups is 2. The molecule has 118 valence electrons. The monoisotopic (exact) mass is 304 g/mol. The smallest absolute Gasteiger partial charge is 0.253 e. The molecule has 1 unspecified atom stereocenters. The Kier molecular flexibility index (Phi) is 4.53. The standard InChI is InChI=1S/C15H20N4O3/c20-11-18-5-7-19(8-6-18)14-4-3-12(10-16-14)17-15(21)13-2-1-9-22-13/h3-4,10-11,13H,1-2,5-9H2,(H,17,21). The molecule has 0 radical (unpaired) electrons. The molecule has 1 N–H and O–H groups in total. The normalized spacial score (nSPS) is 21.7. The minimum atomic E-state index is -0.337. The summed E-state index contributed by atoms with van der Waals surface area (Å²) in [6.07, 6.45) is 3.92. The third kappa shape index (κ3) is 3.36. The Labute approximate surface area is 129 Å². The van der Waals surface area contributed by atoms with Gasteiger partial charge in [-0.3, -0.25) is 9.59 Å². The minimum Gasteiger partial charge on any atom is -0.368 e. The van der Waals surface area contributed by atoms with Crippen LogP contribution in [0.25, 0.3) is 0 Å². The highest BCUT2D eigenvalue weighted by atomic mass is 16.5. The van der Waals surface area contributed by atoms with E-state index in [-0.39, 0.29) is 12.0 Å². The summed E-state index contributed by atoms with van der Waals surface area (Å²) in [5, 5.41) is 2.83. The van der Waals surface area contributed by atoms with Crippen molar-refractivity contribution in [2.75, 3.05) is 43.0 Å². The van der Waals surface area contributed by atoms with Crippen LogP contribution in [-0.2, 0) is 14.3 Å². The predicted octanol–water partition coefficient (Wildman–Crippen LogP) is 0.477. The fourth-order valence-corrected chi connectivity index (χ4v) is 2.71. The SMILES string of the molecule is O=CN1CCN(c2ccc(NC(=O)C3CCCO3)cn2)CC1. The molecule has 0 bridgehead atoms. The van der Waals surface area contributed by atoms with Gasteiger partial charge in [-0.05, 0) is 25.0 Å². The molecule has 1 atom stereocenters. The van der Waals surface area contributed by atoms with Crippen LogP contribution in [0.3, 0.4) is 0 Å². The summed E-state index contributed by atoms with van der Waals surface area (Å²) in [5.74, 6) is 0.757. The molecule has 3 heterocycles. The Bertz CT molecular complexity index is 520. The number of ether oxygens (including phenoxy) is 1. The zero-order valence-electron chi connectivity index (χ0n) is 12.4. The first-order chi connectivity index (χ1) is 10.8. The van der Waals surface area contributed by atoms with E-state index < -0.39 is 0 Å². The molecule has 0 saturated carbocycles. The number of pyridine rings is 1. The molecule has 1 aromatic heterocycles. The molecule has 2 aliphatic rings. The van der Waals surface area contributed by atoms with Crippen molar-refractivity contribution in [3.8, 4) is 0 Å². The quantitative estimate of drug-likeness (QED) is 0.819. The first kappa shape index (κ1) is 14.8. The maximum atomic E-state index is 12.0. The number of hydrogen-bond donors (Lipinski definition) is 1. The zero-order valence-corrected chi connectivity index (χ0v) is 12.4. The van der Waals surface area contributed by atoms with Crippen LogP contribution in [0, 0.1) is 0 Å². The van der Waals surface area contributed by atoms with Crippen LogP contribution in [-0.4, -0.2) is 61.1 Å². The maximum Gasteiger partial charge on any atom is 0.253 e. The summed E-state index contributed by atoms with van der Waals surface area (Å²) in [6, 6.07) is 3.74. The number of rotatable bonds is 4. The van der Waals surface area contributed by atoms with Crippen molar-refractivity contribution in [1.29, 1.82) is 0 Å². The van der Waals surface area contributed by atoms with Gasteiger partial charge in [0.25, 0.3) is 5.91 Å². The maximum absolute atomic E-state index is 12.0. The van der Waals surface area contributed by atoms with Crippen LogP contribution in [0.1, 0.15) is 12.8 Å². The molecule has 2 saturated heterocycles. The van der Waals surface area contributed by atoms with Gasteiger partial charge in [-0.15, -0.1) is 0 Å². The molecule has 1 aromatic rings. The Balaban J connectivity index is 1.56. The second-order valence-corrected chi connectivity index (χ2v) is 5.52. The number of anilines is 2. The van der Waals surface area contributed by atoms with Gasteiger partial charge in [0.05, 0.1) is 11.9 Å². The molecule has 7 heteroatoms. The summed E-state index contributed by atoms with van der Waals surface area (Å²) in [5.41, 5.74) is 0.677. The first-order valence-electron chi connectivity index (χ1n) is 7.59. The molecule has 7 nitrogen and oxygen atoms in total. The molecular weight excluding hydrogens is 284 g/mol. The van der Waals surface area contributed by atoms with E-state index in [1.807, 2.05) is 12.1 Å². The lowest BCUT2D eigenvalue weighted by Crippen LogP contribution is -2.46. The number of amides is 2. The second-order valence-electron chi connectivity index (χ2n) is 5.52. The van der Waals surface area contributed by atoms with Crippen molar-refractivity contribution < 1.29 is 14.3 Å². The minimum absolute atomic E-state index is 0.105. The number of piperazine rings is 1. The van der Waals surface area contributed by atoms with E-state index >= 15 is 0 Å². The molecule has 3 rings (SSSR count). The van der Waals surface area contributed by atoms with E-state index in [9.17, 15) is 9.59 Å².